The first kappa shape index (κ1) is 32.6. The summed E-state index contributed by atoms with van der Waals surface area (Å²) >= 11 is 6.65. The molecule has 8 rings (SSSR count). The van der Waals surface area contributed by atoms with Crippen LogP contribution in [0.4, 0.5) is 5.69 Å². The molecular weight excluding hydrogens is 654 g/mol. The number of hydrogen-bond acceptors (Lipinski definition) is 7. The lowest BCUT2D eigenvalue weighted by Gasteiger charge is -2.50. The fourth-order valence-electron chi connectivity index (χ4n) is 9.76. The molecule has 9 nitrogen and oxygen atoms in total. The molecule has 2 aliphatic heterocycles. The van der Waals surface area contributed by atoms with E-state index in [9.17, 15) is 19.5 Å². The molecule has 0 radical (unpaired) electrons. The van der Waals surface area contributed by atoms with Crippen molar-refractivity contribution < 1.29 is 29.0 Å². The highest BCUT2D eigenvalue weighted by atomic mass is 35.5. The molecule has 3 aliphatic carbocycles. The van der Waals surface area contributed by atoms with Gasteiger partial charge in [0.25, 0.3) is 11.8 Å². The van der Waals surface area contributed by atoms with Crippen LogP contribution in [0.2, 0.25) is 5.02 Å². The first-order valence-electron chi connectivity index (χ1n) is 17.6. The summed E-state index contributed by atoms with van der Waals surface area (Å²) in [5.41, 5.74) is 5.37. The summed E-state index contributed by atoms with van der Waals surface area (Å²) in [5, 5.41) is 12.0. The van der Waals surface area contributed by atoms with Crippen molar-refractivity contribution in [3.8, 4) is 11.5 Å². The van der Waals surface area contributed by atoms with Crippen LogP contribution in [0.5, 0.6) is 11.5 Å². The van der Waals surface area contributed by atoms with Gasteiger partial charge in [0.05, 0.1) is 41.0 Å². The molecule has 258 valence electrons. The summed E-state index contributed by atoms with van der Waals surface area (Å²) < 4.78 is 5.55. The van der Waals surface area contributed by atoms with Crippen LogP contribution in [0.25, 0.3) is 0 Å². The fraction of sp³-hybridized carbons (Fsp3) is 0.400. The van der Waals surface area contributed by atoms with Crippen LogP contribution >= 0.6 is 11.6 Å². The maximum Gasteiger partial charge on any atom is 0.260 e. The number of imide groups is 2. The van der Waals surface area contributed by atoms with Crippen molar-refractivity contribution in [3.63, 3.8) is 0 Å². The quantitative estimate of drug-likeness (QED) is 0.219. The number of anilines is 1. The van der Waals surface area contributed by atoms with Crippen molar-refractivity contribution in [1.29, 1.82) is 0 Å². The summed E-state index contributed by atoms with van der Waals surface area (Å²) in [6, 6.07) is 20.0. The third-order valence-corrected chi connectivity index (χ3v) is 12.3. The summed E-state index contributed by atoms with van der Waals surface area (Å²) in [7, 11) is 1.43. The predicted octanol–water partition coefficient (Wildman–Crippen LogP) is 6.68. The second-order valence-corrected chi connectivity index (χ2v) is 14.9. The highest BCUT2D eigenvalue weighted by Crippen LogP contribution is 2.64. The first-order valence-corrected chi connectivity index (χ1v) is 17.9. The van der Waals surface area contributed by atoms with E-state index in [2.05, 4.69) is 5.43 Å². The average molecular weight is 694 g/mol. The Morgan fingerprint density at radius 2 is 1.62 bits per heavy atom. The highest BCUT2D eigenvalue weighted by Gasteiger charge is 2.70. The van der Waals surface area contributed by atoms with Crippen LogP contribution in [-0.2, 0) is 24.6 Å². The van der Waals surface area contributed by atoms with Crippen LogP contribution in [-0.4, -0.2) is 51.8 Å². The Morgan fingerprint density at radius 1 is 0.900 bits per heavy atom. The maximum atomic E-state index is 15.3. The Bertz CT molecular complexity index is 1920. The largest absolute Gasteiger partial charge is 0.503 e. The number of aryl methyl sites for hydroxylation is 1. The number of fused-ring (bicyclic) bond motifs is 4. The maximum absolute atomic E-state index is 15.3. The minimum absolute atomic E-state index is 0.0394. The molecule has 0 bridgehead atoms. The van der Waals surface area contributed by atoms with Gasteiger partial charge in [-0.3, -0.25) is 29.5 Å². The summed E-state index contributed by atoms with van der Waals surface area (Å²) in [6.07, 6.45) is 7.29. The van der Waals surface area contributed by atoms with E-state index in [-0.39, 0.29) is 40.8 Å². The molecule has 0 aromatic heterocycles. The van der Waals surface area contributed by atoms with Gasteiger partial charge in [0.15, 0.2) is 11.5 Å². The number of allylic oxidation sites excluding steroid dienone is 2. The third-order valence-electron chi connectivity index (χ3n) is 12.0. The van der Waals surface area contributed by atoms with Gasteiger partial charge >= 0.3 is 0 Å². The molecule has 50 heavy (non-hydrogen) atoms. The Hall–Kier alpha value is -4.63. The van der Waals surface area contributed by atoms with Gasteiger partial charge in [0, 0.05) is 12.0 Å². The molecule has 2 heterocycles. The lowest BCUT2D eigenvalue weighted by atomic mass is 9.49. The number of nitrogens with zero attached hydrogens (tertiary/aromatic N) is 2. The summed E-state index contributed by atoms with van der Waals surface area (Å²) in [5.74, 6) is -4.50. The van der Waals surface area contributed by atoms with Crippen molar-refractivity contribution in [2.45, 2.75) is 69.2 Å². The first-order chi connectivity index (χ1) is 24.2. The molecule has 3 aromatic rings. The Balaban J connectivity index is 1.33. The van der Waals surface area contributed by atoms with Crippen LogP contribution in [0, 0.1) is 30.6 Å². The smallest absolute Gasteiger partial charge is 0.260 e. The monoisotopic (exact) mass is 693 g/mol. The number of hydrogen-bond donors (Lipinski definition) is 2. The minimum Gasteiger partial charge on any atom is -0.503 e. The number of ether oxygens (including phenoxy) is 1. The predicted molar refractivity (Wildman–Crippen MR) is 187 cm³/mol. The molecule has 3 aromatic carbocycles. The second kappa shape index (κ2) is 12.3. The number of benzene rings is 3. The molecule has 0 spiro atoms. The fourth-order valence-corrected chi connectivity index (χ4v) is 9.98. The Kier molecular flexibility index (Phi) is 8.01. The number of halogens is 1. The van der Waals surface area contributed by atoms with E-state index >= 15 is 4.79 Å². The summed E-state index contributed by atoms with van der Waals surface area (Å²) in [4.78, 5) is 60.2. The lowest BCUT2D eigenvalue weighted by molar-refractivity contribution is -0.144. The number of amides is 4. The van der Waals surface area contributed by atoms with Gasteiger partial charge in [-0.15, -0.1) is 0 Å². The Labute approximate surface area is 296 Å². The van der Waals surface area contributed by atoms with Crippen LogP contribution in [0.1, 0.15) is 67.6 Å². The average Bonchev–Trinajstić information content (AvgIpc) is 3.51. The number of nitrogens with one attached hydrogen (secondary N) is 1. The molecule has 2 N–H and O–H groups in total. The molecule has 10 heteroatoms. The number of hydrazine groups is 1. The number of phenols is 1. The number of aromatic hydroxyl groups is 1. The zero-order valence-electron chi connectivity index (χ0n) is 28.1. The van der Waals surface area contributed by atoms with Gasteiger partial charge in [-0.25, -0.2) is 0 Å². The molecule has 5 aliphatic rings. The number of carbonyl (C=O) groups is 4. The van der Waals surface area contributed by atoms with Crippen molar-refractivity contribution in [3.05, 3.63) is 100 Å². The number of methoxy groups -OCH3 is 1. The van der Waals surface area contributed by atoms with Crippen molar-refractivity contribution >= 4 is 40.9 Å². The molecule has 2 saturated carbocycles. The molecule has 4 fully saturated rings. The van der Waals surface area contributed by atoms with Gasteiger partial charge in [0.1, 0.15) is 0 Å². The molecule has 2 saturated heterocycles. The van der Waals surface area contributed by atoms with Crippen LogP contribution in [0.3, 0.4) is 0 Å². The van der Waals surface area contributed by atoms with E-state index in [1.807, 2.05) is 67.6 Å². The van der Waals surface area contributed by atoms with E-state index in [0.29, 0.717) is 23.2 Å². The van der Waals surface area contributed by atoms with Gasteiger partial charge < -0.3 is 9.84 Å². The molecular formula is C40H40ClN3O6. The van der Waals surface area contributed by atoms with Crippen LogP contribution < -0.4 is 10.2 Å². The normalized spacial score (nSPS) is 29.4. The lowest BCUT2D eigenvalue weighted by Crippen LogP contribution is -2.53. The topological polar surface area (TPSA) is 116 Å². The Morgan fingerprint density at radius 3 is 2.32 bits per heavy atom. The molecule has 6 atom stereocenters. The second-order valence-electron chi connectivity index (χ2n) is 14.5. The number of likely N-dealkylation sites (tertiary alicyclic amines) is 1. The van der Waals surface area contributed by atoms with E-state index in [1.54, 1.807) is 17.0 Å². The van der Waals surface area contributed by atoms with Gasteiger partial charge in [-0.1, -0.05) is 90.5 Å². The summed E-state index contributed by atoms with van der Waals surface area (Å²) in [6.45, 7) is 1.96. The van der Waals surface area contributed by atoms with E-state index in [4.69, 9.17) is 16.3 Å². The van der Waals surface area contributed by atoms with E-state index in [0.717, 1.165) is 48.2 Å². The van der Waals surface area contributed by atoms with Gasteiger partial charge in [-0.05, 0) is 73.9 Å². The van der Waals surface area contributed by atoms with Crippen molar-refractivity contribution in [2.75, 3.05) is 12.5 Å². The van der Waals surface area contributed by atoms with Gasteiger partial charge in [-0.2, -0.15) is 5.01 Å². The standard InChI is InChI=1S/C40H40ClN3O6/c1-22-13-15-25(16-14-22)42-44-37(47)30-21-29-27(17-18-28-33(29)38(48)43(36(28)46)26-11-7-4-8-12-26)34(23-19-31(41)35(45)32(20-23)50-2)40(30,39(44)49)24-9-5-3-6-10-24/h3,5-6,9-10,13-17,19-20,26,28-30,33-34,42,45H,4,7-8,11-12,18,21H2,1-2H3/t28-,29+,30-,33-,34-,40+/m0/s1. The SMILES string of the molecule is COc1cc([C@H]2C3=CC[C@@H]4C(=O)N(C5CCCCC5)C(=O)[C@@H]4[C@@H]3C[C@H]3C(=O)N(Nc4ccc(C)cc4)C(=O)[C@@]23c2ccccc2)cc(Cl)c1O. The number of carbonyl (C=O) groups excluding carboxylic acids is 4. The number of rotatable bonds is 6. The zero-order chi connectivity index (χ0) is 34.9. The van der Waals surface area contributed by atoms with E-state index in [1.165, 1.54) is 7.11 Å². The van der Waals surface area contributed by atoms with Crippen molar-refractivity contribution in [1.82, 2.24) is 9.91 Å². The molecule has 0 unspecified atom stereocenters. The minimum atomic E-state index is -1.44. The van der Waals surface area contributed by atoms with E-state index < -0.39 is 46.8 Å². The van der Waals surface area contributed by atoms with Crippen LogP contribution in [0.15, 0.2) is 78.4 Å². The zero-order valence-corrected chi connectivity index (χ0v) is 28.9. The molecule has 4 amide bonds. The highest BCUT2D eigenvalue weighted by molar-refractivity contribution is 6.32. The third kappa shape index (κ3) is 4.72. The van der Waals surface area contributed by atoms with Crippen molar-refractivity contribution in [2.24, 2.45) is 23.7 Å². The van der Waals surface area contributed by atoms with Gasteiger partial charge in [0.2, 0.25) is 11.8 Å². The number of phenolic OH excluding ortho intramolecular Hbond substituents is 1.